The van der Waals surface area contributed by atoms with Crippen LogP contribution in [0.2, 0.25) is 0 Å². The molecule has 5 heteroatoms. The summed E-state index contributed by atoms with van der Waals surface area (Å²) in [6.45, 7) is 2.42. The topological polar surface area (TPSA) is 67.4 Å². The van der Waals surface area contributed by atoms with E-state index in [0.29, 0.717) is 23.5 Å². The summed E-state index contributed by atoms with van der Waals surface area (Å²) in [4.78, 5) is 24.7. The van der Waals surface area contributed by atoms with Crippen LogP contribution in [0.1, 0.15) is 28.8 Å². The maximum Gasteiger partial charge on any atom is 0.259 e. The molecule has 0 saturated heterocycles. The highest BCUT2D eigenvalue weighted by atomic mass is 16.5. The molecular weight excluding hydrogens is 364 g/mol. The smallest absolute Gasteiger partial charge is 0.259 e. The molecule has 0 heterocycles. The van der Waals surface area contributed by atoms with Crippen molar-refractivity contribution in [2.24, 2.45) is 0 Å². The molecule has 2 N–H and O–H groups in total. The van der Waals surface area contributed by atoms with Gasteiger partial charge in [0.1, 0.15) is 5.75 Å². The third-order valence-electron chi connectivity index (χ3n) is 4.50. The molecule has 0 aliphatic rings. The summed E-state index contributed by atoms with van der Waals surface area (Å²) < 4.78 is 5.62. The zero-order valence-electron chi connectivity index (χ0n) is 16.3. The Morgan fingerprint density at radius 3 is 2.21 bits per heavy atom. The van der Waals surface area contributed by atoms with E-state index in [4.69, 9.17) is 4.74 Å². The lowest BCUT2D eigenvalue weighted by Crippen LogP contribution is -2.32. The number of para-hydroxylation sites is 2. The number of anilines is 1. The molecule has 0 fully saturated rings. The molecule has 2 amide bonds. The molecule has 3 rings (SSSR count). The Hall–Kier alpha value is -3.60. The van der Waals surface area contributed by atoms with E-state index in [1.807, 2.05) is 60.7 Å². The van der Waals surface area contributed by atoms with Gasteiger partial charge >= 0.3 is 0 Å². The molecule has 29 heavy (non-hydrogen) atoms. The second-order valence-electron chi connectivity index (χ2n) is 6.72. The highest BCUT2D eigenvalue weighted by molar-refractivity contribution is 6.06. The molecule has 0 unspecified atom stereocenters. The first-order valence-corrected chi connectivity index (χ1v) is 9.53. The minimum absolute atomic E-state index is 0.156. The molecule has 0 saturated carbocycles. The van der Waals surface area contributed by atoms with E-state index in [2.05, 4.69) is 17.6 Å². The van der Waals surface area contributed by atoms with Crippen molar-refractivity contribution in [2.75, 3.05) is 18.5 Å². The first-order chi connectivity index (χ1) is 14.1. The Bertz CT molecular complexity index is 943. The summed E-state index contributed by atoms with van der Waals surface area (Å²) in [6.07, 6.45) is 0. The Balaban J connectivity index is 1.54. The molecule has 0 aliphatic heterocycles. The summed E-state index contributed by atoms with van der Waals surface area (Å²) in [6, 6.07) is 26.1. The van der Waals surface area contributed by atoms with Gasteiger partial charge in [-0.25, -0.2) is 0 Å². The van der Waals surface area contributed by atoms with Gasteiger partial charge in [-0.3, -0.25) is 9.59 Å². The van der Waals surface area contributed by atoms with Crippen molar-refractivity contribution in [3.05, 3.63) is 96.1 Å². The highest BCUT2D eigenvalue weighted by Gasteiger charge is 2.14. The highest BCUT2D eigenvalue weighted by Crippen LogP contribution is 2.20. The molecule has 0 radical (unpaired) electrons. The van der Waals surface area contributed by atoms with E-state index in [0.717, 1.165) is 5.56 Å². The van der Waals surface area contributed by atoms with Crippen LogP contribution in [0.4, 0.5) is 5.69 Å². The van der Waals surface area contributed by atoms with Gasteiger partial charge in [-0.05, 0) is 35.7 Å². The predicted molar refractivity (Wildman–Crippen MR) is 114 cm³/mol. The number of benzene rings is 3. The van der Waals surface area contributed by atoms with Crippen molar-refractivity contribution in [1.82, 2.24) is 5.32 Å². The van der Waals surface area contributed by atoms with Gasteiger partial charge in [0.15, 0.2) is 6.61 Å². The molecular formula is C24H24N2O3. The lowest BCUT2D eigenvalue weighted by Gasteiger charge is -2.14. The molecule has 148 valence electrons. The van der Waals surface area contributed by atoms with E-state index in [-0.39, 0.29) is 24.3 Å². The Morgan fingerprint density at radius 2 is 1.48 bits per heavy atom. The summed E-state index contributed by atoms with van der Waals surface area (Å²) in [5, 5.41) is 5.70. The Kier molecular flexibility index (Phi) is 7.00. The quantitative estimate of drug-likeness (QED) is 0.607. The van der Waals surface area contributed by atoms with E-state index < -0.39 is 0 Å². The Morgan fingerprint density at radius 1 is 0.862 bits per heavy atom. The van der Waals surface area contributed by atoms with Crippen molar-refractivity contribution in [2.45, 2.75) is 12.8 Å². The van der Waals surface area contributed by atoms with Crippen LogP contribution < -0.4 is 15.4 Å². The van der Waals surface area contributed by atoms with Gasteiger partial charge in [-0.2, -0.15) is 0 Å². The van der Waals surface area contributed by atoms with Crippen LogP contribution in [-0.4, -0.2) is 25.0 Å². The first kappa shape index (κ1) is 20.1. The second kappa shape index (κ2) is 10.1. The van der Waals surface area contributed by atoms with Crippen molar-refractivity contribution < 1.29 is 14.3 Å². The number of carbonyl (C=O) groups is 2. The summed E-state index contributed by atoms with van der Waals surface area (Å²) in [5.41, 5.74) is 2.23. The lowest BCUT2D eigenvalue weighted by atomic mass is 10.0. The number of carbonyl (C=O) groups excluding carboxylic acids is 2. The van der Waals surface area contributed by atoms with Crippen LogP contribution in [0.3, 0.4) is 0 Å². The van der Waals surface area contributed by atoms with Crippen molar-refractivity contribution in [3.63, 3.8) is 0 Å². The van der Waals surface area contributed by atoms with Gasteiger partial charge in [-0.1, -0.05) is 67.6 Å². The van der Waals surface area contributed by atoms with Gasteiger partial charge in [0.2, 0.25) is 0 Å². The number of hydrogen-bond acceptors (Lipinski definition) is 3. The first-order valence-electron chi connectivity index (χ1n) is 9.53. The molecule has 3 aromatic carbocycles. The average Bonchev–Trinajstić information content (AvgIpc) is 2.77. The largest absolute Gasteiger partial charge is 0.483 e. The minimum atomic E-state index is -0.287. The fourth-order valence-corrected chi connectivity index (χ4v) is 2.86. The van der Waals surface area contributed by atoms with Crippen molar-refractivity contribution >= 4 is 17.5 Å². The maximum absolute atomic E-state index is 12.6. The van der Waals surface area contributed by atoms with Crippen molar-refractivity contribution in [3.8, 4) is 5.75 Å². The SMILES string of the molecule is C[C@H](CNC(=O)COc1ccccc1C(=O)Nc1ccccc1)c1ccccc1. The summed E-state index contributed by atoms with van der Waals surface area (Å²) in [7, 11) is 0. The second-order valence-corrected chi connectivity index (χ2v) is 6.72. The molecule has 0 aromatic heterocycles. The number of amides is 2. The fourth-order valence-electron chi connectivity index (χ4n) is 2.86. The van der Waals surface area contributed by atoms with Crippen LogP contribution in [0.15, 0.2) is 84.9 Å². The van der Waals surface area contributed by atoms with Crippen LogP contribution in [-0.2, 0) is 4.79 Å². The van der Waals surface area contributed by atoms with E-state index in [9.17, 15) is 9.59 Å². The van der Waals surface area contributed by atoms with Gasteiger partial charge < -0.3 is 15.4 Å². The van der Waals surface area contributed by atoms with Gasteiger partial charge in [0.05, 0.1) is 5.56 Å². The normalized spacial score (nSPS) is 11.3. The zero-order chi connectivity index (χ0) is 20.5. The van der Waals surface area contributed by atoms with Crippen molar-refractivity contribution in [1.29, 1.82) is 0 Å². The monoisotopic (exact) mass is 388 g/mol. The van der Waals surface area contributed by atoms with Crippen LogP contribution >= 0.6 is 0 Å². The van der Waals surface area contributed by atoms with Crippen LogP contribution in [0.5, 0.6) is 5.75 Å². The standard InChI is InChI=1S/C24H24N2O3/c1-18(19-10-4-2-5-11-19)16-25-23(27)17-29-22-15-9-8-14-21(22)24(28)26-20-12-6-3-7-13-20/h2-15,18H,16-17H2,1H3,(H,25,27)(H,26,28)/t18-/m1/s1. The summed E-state index contributed by atoms with van der Waals surface area (Å²) >= 11 is 0. The third kappa shape index (κ3) is 5.94. The lowest BCUT2D eigenvalue weighted by molar-refractivity contribution is -0.123. The number of hydrogen-bond donors (Lipinski definition) is 2. The average molecular weight is 388 g/mol. The number of ether oxygens (including phenoxy) is 1. The maximum atomic E-state index is 12.6. The molecule has 0 spiro atoms. The predicted octanol–water partition coefficient (Wildman–Crippen LogP) is 4.24. The van der Waals surface area contributed by atoms with Gasteiger partial charge in [0.25, 0.3) is 11.8 Å². The summed E-state index contributed by atoms with van der Waals surface area (Å²) in [5.74, 6) is 0.0484. The minimum Gasteiger partial charge on any atom is -0.483 e. The zero-order valence-corrected chi connectivity index (χ0v) is 16.3. The Labute approximate surface area is 170 Å². The van der Waals surface area contributed by atoms with Gasteiger partial charge in [0, 0.05) is 12.2 Å². The van der Waals surface area contributed by atoms with Crippen LogP contribution in [0.25, 0.3) is 0 Å². The number of nitrogens with one attached hydrogen (secondary N) is 2. The van der Waals surface area contributed by atoms with Crippen LogP contribution in [0, 0.1) is 0 Å². The fraction of sp³-hybridized carbons (Fsp3) is 0.167. The van der Waals surface area contributed by atoms with E-state index >= 15 is 0 Å². The number of rotatable bonds is 8. The molecule has 0 bridgehead atoms. The molecule has 1 atom stereocenters. The van der Waals surface area contributed by atoms with E-state index in [1.165, 1.54) is 0 Å². The molecule has 0 aliphatic carbocycles. The third-order valence-corrected chi connectivity index (χ3v) is 4.50. The molecule has 3 aromatic rings. The van der Waals surface area contributed by atoms with Gasteiger partial charge in [-0.15, -0.1) is 0 Å². The van der Waals surface area contributed by atoms with E-state index in [1.54, 1.807) is 24.3 Å². The molecule has 5 nitrogen and oxygen atoms in total.